The molecule has 1 aromatic rings. The van der Waals surface area contributed by atoms with Crippen LogP contribution in [0.15, 0.2) is 21.7 Å². The van der Waals surface area contributed by atoms with E-state index in [9.17, 15) is 9.00 Å². The summed E-state index contributed by atoms with van der Waals surface area (Å²) in [6.07, 6.45) is 3.62. The van der Waals surface area contributed by atoms with Crippen molar-refractivity contribution < 1.29 is 9.00 Å². The highest BCUT2D eigenvalue weighted by Crippen LogP contribution is 2.13. The Kier molecular flexibility index (Phi) is 4.16. The number of rotatable bonds is 4. The molecule has 0 N–H and O–H groups in total. The first kappa shape index (κ1) is 12.1. The summed E-state index contributed by atoms with van der Waals surface area (Å²) in [5.41, 5.74) is 0. The second-order valence-electron chi connectivity index (χ2n) is 2.74. The average molecular weight is 248 g/mol. The molecule has 0 saturated carbocycles. The van der Waals surface area contributed by atoms with Gasteiger partial charge in [-0.05, 0) is 18.0 Å². The minimum absolute atomic E-state index is 0.0723. The molecule has 0 aliphatic carbocycles. The van der Waals surface area contributed by atoms with E-state index in [1.54, 1.807) is 0 Å². The maximum atomic E-state index is 12.2. The molecule has 0 fully saturated rings. The van der Waals surface area contributed by atoms with E-state index >= 15 is 0 Å². The van der Waals surface area contributed by atoms with Crippen molar-refractivity contribution in [1.29, 1.82) is 0 Å². The van der Waals surface area contributed by atoms with Gasteiger partial charge in [0.2, 0.25) is 11.7 Å². The molecule has 0 aliphatic rings. The number of hydrogen-bond donors (Lipinski definition) is 0. The van der Waals surface area contributed by atoms with Gasteiger partial charge in [0.05, 0.1) is 14.6 Å². The first-order chi connectivity index (χ1) is 7.12. The zero-order chi connectivity index (χ0) is 11.3. The summed E-state index contributed by atoms with van der Waals surface area (Å²) in [5.74, 6) is 0.302. The van der Waals surface area contributed by atoms with Gasteiger partial charge in [0.1, 0.15) is 0 Å². The fourth-order valence-corrected chi connectivity index (χ4v) is 2.73. The average Bonchev–Trinajstić information content (AvgIpc) is 2.19. The Morgan fingerprint density at radius 2 is 2.13 bits per heavy atom. The van der Waals surface area contributed by atoms with Crippen LogP contribution in [0, 0.1) is 0 Å². The summed E-state index contributed by atoms with van der Waals surface area (Å²) in [4.78, 5) is 18.1. The fourth-order valence-electron chi connectivity index (χ4n) is 1.04. The lowest BCUT2D eigenvalue weighted by Gasteiger charge is -2.05. The molecule has 82 valence electrons. The number of amides is 1. The van der Waals surface area contributed by atoms with Gasteiger partial charge in [0, 0.05) is 18.1 Å². The summed E-state index contributed by atoms with van der Waals surface area (Å²) in [5, 5.41) is 0.0723. The van der Waals surface area contributed by atoms with Crippen molar-refractivity contribution in [3.63, 3.8) is 0 Å². The van der Waals surface area contributed by atoms with E-state index in [0.717, 1.165) is 0 Å². The lowest BCUT2D eigenvalue weighted by Crippen LogP contribution is -2.07. The molecular weight excluding hydrogens is 238 g/mol. The second-order valence-corrected chi connectivity index (χ2v) is 5.45. The monoisotopic (exact) mass is 247 g/mol. The van der Waals surface area contributed by atoms with Crippen molar-refractivity contribution in [2.75, 3.05) is 5.75 Å². The molecular formula is C8H10ClN3O2S. The van der Waals surface area contributed by atoms with Crippen LogP contribution in [0.4, 0.5) is 0 Å². The van der Waals surface area contributed by atoms with Gasteiger partial charge in [0.15, 0.2) is 0 Å². The molecule has 0 bridgehead atoms. The van der Waals surface area contributed by atoms with Crippen LogP contribution in [0.3, 0.4) is 0 Å². The number of hydrogen-bond acceptors (Lipinski definition) is 4. The van der Waals surface area contributed by atoms with E-state index in [4.69, 9.17) is 11.6 Å². The molecule has 1 atom stereocenters. The van der Waals surface area contributed by atoms with Gasteiger partial charge in [-0.2, -0.15) is 4.36 Å². The summed E-state index contributed by atoms with van der Waals surface area (Å²) in [6.45, 7) is 1.86. The van der Waals surface area contributed by atoms with E-state index in [2.05, 4.69) is 14.3 Å². The van der Waals surface area contributed by atoms with Crippen molar-refractivity contribution in [2.45, 2.75) is 18.2 Å². The summed E-state index contributed by atoms with van der Waals surface area (Å²) in [7, 11) is -2.71. The third-order valence-electron chi connectivity index (χ3n) is 1.66. The van der Waals surface area contributed by atoms with E-state index in [0.29, 0.717) is 23.5 Å². The van der Waals surface area contributed by atoms with Crippen LogP contribution >= 0.6 is 11.6 Å². The molecule has 7 heteroatoms. The van der Waals surface area contributed by atoms with Crippen LogP contribution in [-0.4, -0.2) is 26.3 Å². The van der Waals surface area contributed by atoms with Crippen LogP contribution in [-0.2, 0) is 14.5 Å². The highest BCUT2D eigenvalue weighted by molar-refractivity contribution is 7.93. The number of nitrogens with zero attached hydrogens (tertiary/aromatic N) is 3. The van der Waals surface area contributed by atoms with Gasteiger partial charge in [-0.1, -0.05) is 6.92 Å². The molecule has 1 aromatic heterocycles. The zero-order valence-electron chi connectivity index (χ0n) is 8.09. The Morgan fingerprint density at radius 1 is 1.53 bits per heavy atom. The van der Waals surface area contributed by atoms with Crippen molar-refractivity contribution in [1.82, 2.24) is 9.97 Å². The normalized spacial score (nSPS) is 14.3. The molecule has 1 heterocycles. The predicted molar refractivity (Wildman–Crippen MR) is 57.1 cm³/mol. The van der Waals surface area contributed by atoms with Gasteiger partial charge < -0.3 is 0 Å². The van der Waals surface area contributed by atoms with Crippen molar-refractivity contribution >= 4 is 27.7 Å². The zero-order valence-corrected chi connectivity index (χ0v) is 9.66. The molecule has 0 aromatic carbocycles. The molecule has 0 spiro atoms. The number of aromatic nitrogens is 2. The van der Waals surface area contributed by atoms with Crippen molar-refractivity contribution in [3.05, 3.63) is 17.7 Å². The van der Waals surface area contributed by atoms with Crippen LogP contribution in [0.25, 0.3) is 0 Å². The summed E-state index contributed by atoms with van der Waals surface area (Å²) >= 11 is 5.50. The van der Waals surface area contributed by atoms with Crippen LogP contribution in [0.2, 0.25) is 5.28 Å². The molecule has 1 rings (SSSR count). The van der Waals surface area contributed by atoms with Gasteiger partial charge in [-0.15, -0.1) is 0 Å². The van der Waals surface area contributed by atoms with E-state index in [1.165, 1.54) is 12.4 Å². The molecule has 1 amide bonds. The van der Waals surface area contributed by atoms with E-state index in [1.807, 2.05) is 6.92 Å². The highest BCUT2D eigenvalue weighted by atomic mass is 35.5. The smallest absolute Gasteiger partial charge is 0.241 e. The fraction of sp³-hybridized carbons (Fsp3) is 0.375. The standard InChI is InChI=1S/C8H10ClN3O2S/c1-2-3-15(14,12-6-13)7-4-10-8(9)11-5-7/h4-6H,2-3H2,1H3. The number of carbonyl (C=O) groups excluding carboxylic acids is 1. The van der Waals surface area contributed by atoms with Crippen molar-refractivity contribution in [3.8, 4) is 0 Å². The topological polar surface area (TPSA) is 72.3 Å². The van der Waals surface area contributed by atoms with Crippen molar-refractivity contribution in [2.24, 2.45) is 4.36 Å². The molecule has 0 aliphatic heterocycles. The minimum atomic E-state index is -2.71. The Hall–Kier alpha value is -1.01. The molecule has 0 saturated heterocycles. The summed E-state index contributed by atoms with van der Waals surface area (Å²) in [6, 6.07) is 0. The van der Waals surface area contributed by atoms with Gasteiger partial charge in [0.25, 0.3) is 0 Å². The Bertz CT molecular complexity index is 451. The van der Waals surface area contributed by atoms with Crippen LogP contribution in [0.1, 0.15) is 13.3 Å². The highest BCUT2D eigenvalue weighted by Gasteiger charge is 2.12. The lowest BCUT2D eigenvalue weighted by molar-refractivity contribution is -0.106. The summed E-state index contributed by atoms with van der Waals surface area (Å²) < 4.78 is 15.6. The lowest BCUT2D eigenvalue weighted by atomic mass is 10.6. The first-order valence-corrected chi connectivity index (χ1v) is 6.34. The number of carbonyl (C=O) groups is 1. The van der Waals surface area contributed by atoms with Gasteiger partial charge >= 0.3 is 0 Å². The Balaban J connectivity index is 3.22. The SMILES string of the molecule is CCCS(=O)(=NC=O)c1cnc(Cl)nc1. The van der Waals surface area contributed by atoms with Crippen LogP contribution in [0.5, 0.6) is 0 Å². The maximum Gasteiger partial charge on any atom is 0.241 e. The van der Waals surface area contributed by atoms with Gasteiger partial charge in [-0.25, -0.2) is 14.2 Å². The largest absolute Gasteiger partial charge is 0.276 e. The third kappa shape index (κ3) is 2.97. The molecule has 15 heavy (non-hydrogen) atoms. The maximum absolute atomic E-state index is 12.2. The van der Waals surface area contributed by atoms with Crippen LogP contribution < -0.4 is 0 Å². The second kappa shape index (κ2) is 5.18. The Labute approximate surface area is 93.1 Å². The quantitative estimate of drug-likeness (QED) is 0.597. The van der Waals surface area contributed by atoms with E-state index in [-0.39, 0.29) is 5.28 Å². The van der Waals surface area contributed by atoms with E-state index < -0.39 is 9.73 Å². The molecule has 5 nitrogen and oxygen atoms in total. The first-order valence-electron chi connectivity index (χ1n) is 4.27. The number of halogens is 1. The minimum Gasteiger partial charge on any atom is -0.276 e. The third-order valence-corrected chi connectivity index (χ3v) is 4.19. The predicted octanol–water partition coefficient (Wildman–Crippen LogP) is 1.52. The van der Waals surface area contributed by atoms with Gasteiger partial charge in [-0.3, -0.25) is 4.79 Å². The molecule has 0 radical (unpaired) electrons. The Morgan fingerprint density at radius 3 is 2.60 bits per heavy atom. The molecule has 1 unspecified atom stereocenters.